The average Bonchev–Trinajstić information content (AvgIpc) is 2.79. The Labute approximate surface area is 110 Å². The van der Waals surface area contributed by atoms with Crippen molar-refractivity contribution in [2.24, 2.45) is 0 Å². The van der Waals surface area contributed by atoms with Crippen molar-refractivity contribution in [2.45, 2.75) is 0 Å². The summed E-state index contributed by atoms with van der Waals surface area (Å²) in [7, 11) is 0. The molecule has 17 heavy (non-hydrogen) atoms. The SMILES string of the molecule is Ic1ccccc1Oc1ccc2nnnn2n1. The van der Waals surface area contributed by atoms with Gasteiger partial charge in [-0.15, -0.1) is 14.8 Å². The van der Waals surface area contributed by atoms with Crippen LogP contribution in [0.15, 0.2) is 36.4 Å². The second-order valence-corrected chi connectivity index (χ2v) is 4.39. The lowest BCUT2D eigenvalue weighted by Gasteiger charge is -2.05. The molecule has 0 spiro atoms. The Kier molecular flexibility index (Phi) is 2.59. The van der Waals surface area contributed by atoms with Crippen molar-refractivity contribution in [1.29, 1.82) is 0 Å². The molecule has 0 amide bonds. The molecule has 0 aliphatic heterocycles. The highest BCUT2D eigenvalue weighted by Gasteiger charge is 2.05. The van der Waals surface area contributed by atoms with E-state index in [1.54, 1.807) is 12.1 Å². The van der Waals surface area contributed by atoms with Crippen LogP contribution in [-0.2, 0) is 0 Å². The number of para-hydroxylation sites is 1. The molecule has 0 atom stereocenters. The van der Waals surface area contributed by atoms with Crippen molar-refractivity contribution in [3.05, 3.63) is 40.0 Å². The number of aromatic nitrogens is 5. The Morgan fingerprint density at radius 1 is 1.12 bits per heavy atom. The van der Waals surface area contributed by atoms with Gasteiger partial charge in [-0.1, -0.05) is 12.1 Å². The Hall–Kier alpha value is -1.77. The van der Waals surface area contributed by atoms with E-state index in [0.29, 0.717) is 11.5 Å². The summed E-state index contributed by atoms with van der Waals surface area (Å²) in [6.45, 7) is 0. The predicted molar refractivity (Wildman–Crippen MR) is 67.8 cm³/mol. The summed E-state index contributed by atoms with van der Waals surface area (Å²) in [6, 6.07) is 11.2. The van der Waals surface area contributed by atoms with Crippen LogP contribution in [0.2, 0.25) is 0 Å². The minimum Gasteiger partial charge on any atom is -0.436 e. The van der Waals surface area contributed by atoms with E-state index in [2.05, 4.69) is 43.2 Å². The number of hydrogen-bond acceptors (Lipinski definition) is 5. The summed E-state index contributed by atoms with van der Waals surface area (Å²) in [4.78, 5) is 0. The van der Waals surface area contributed by atoms with Gasteiger partial charge in [-0.2, -0.15) is 0 Å². The number of hydrogen-bond donors (Lipinski definition) is 0. The van der Waals surface area contributed by atoms with Gasteiger partial charge in [-0.05, 0) is 51.2 Å². The van der Waals surface area contributed by atoms with Gasteiger partial charge in [0.1, 0.15) is 5.75 Å². The number of halogens is 1. The van der Waals surface area contributed by atoms with E-state index in [-0.39, 0.29) is 0 Å². The summed E-state index contributed by atoms with van der Waals surface area (Å²) >= 11 is 2.20. The standard InChI is InChI=1S/C10H6IN5O/c11-7-3-1-2-4-8(7)17-10-6-5-9-12-14-15-16(9)13-10/h1-6H. The van der Waals surface area contributed by atoms with Crippen LogP contribution in [0.4, 0.5) is 0 Å². The number of nitrogens with zero attached hydrogens (tertiary/aromatic N) is 5. The highest BCUT2D eigenvalue weighted by molar-refractivity contribution is 14.1. The zero-order chi connectivity index (χ0) is 11.7. The molecule has 3 rings (SSSR count). The summed E-state index contributed by atoms with van der Waals surface area (Å²) in [5, 5.41) is 15.1. The molecule has 0 unspecified atom stereocenters. The molecule has 84 valence electrons. The summed E-state index contributed by atoms with van der Waals surface area (Å²) < 4.78 is 7.99. The number of fused-ring (bicyclic) bond motifs is 1. The van der Waals surface area contributed by atoms with Gasteiger partial charge in [-0.3, -0.25) is 0 Å². The van der Waals surface area contributed by atoms with Crippen molar-refractivity contribution in [1.82, 2.24) is 25.3 Å². The topological polar surface area (TPSA) is 65.2 Å². The molecule has 7 heteroatoms. The minimum atomic E-state index is 0.453. The van der Waals surface area contributed by atoms with Gasteiger partial charge in [0.25, 0.3) is 0 Å². The first-order valence-electron chi connectivity index (χ1n) is 4.81. The molecule has 3 aromatic rings. The summed E-state index contributed by atoms with van der Waals surface area (Å²) in [6.07, 6.45) is 0. The second-order valence-electron chi connectivity index (χ2n) is 3.23. The van der Waals surface area contributed by atoms with Crippen LogP contribution in [0, 0.1) is 3.57 Å². The van der Waals surface area contributed by atoms with Crippen molar-refractivity contribution in [3.63, 3.8) is 0 Å². The van der Waals surface area contributed by atoms with Crippen molar-refractivity contribution in [3.8, 4) is 11.6 Å². The van der Waals surface area contributed by atoms with Crippen molar-refractivity contribution in [2.75, 3.05) is 0 Å². The molecule has 0 bridgehead atoms. The maximum absolute atomic E-state index is 5.65. The molecule has 0 radical (unpaired) electrons. The molecule has 0 aliphatic rings. The van der Waals surface area contributed by atoms with Crippen LogP contribution >= 0.6 is 22.6 Å². The quantitative estimate of drug-likeness (QED) is 0.668. The van der Waals surface area contributed by atoms with E-state index in [4.69, 9.17) is 4.74 Å². The Morgan fingerprint density at radius 3 is 2.88 bits per heavy atom. The Morgan fingerprint density at radius 2 is 2.00 bits per heavy atom. The highest BCUT2D eigenvalue weighted by Crippen LogP contribution is 2.24. The molecule has 0 N–H and O–H groups in total. The molecule has 0 fully saturated rings. The first-order chi connectivity index (χ1) is 8.33. The molecule has 0 aliphatic carbocycles. The van der Waals surface area contributed by atoms with Gasteiger partial charge >= 0.3 is 0 Å². The summed E-state index contributed by atoms with van der Waals surface area (Å²) in [5.74, 6) is 1.21. The van der Waals surface area contributed by atoms with Crippen molar-refractivity contribution >= 4 is 28.2 Å². The van der Waals surface area contributed by atoms with Gasteiger partial charge < -0.3 is 4.74 Å². The van der Waals surface area contributed by atoms with Crippen LogP contribution in [0.3, 0.4) is 0 Å². The van der Waals surface area contributed by atoms with Crippen LogP contribution in [-0.4, -0.2) is 25.3 Å². The third kappa shape index (κ3) is 2.05. The number of benzene rings is 1. The van der Waals surface area contributed by atoms with Crippen LogP contribution in [0.5, 0.6) is 11.6 Å². The Balaban J connectivity index is 1.97. The first-order valence-corrected chi connectivity index (χ1v) is 5.88. The number of tetrazole rings is 1. The van der Waals surface area contributed by atoms with Gasteiger partial charge in [-0.25, -0.2) is 0 Å². The highest BCUT2D eigenvalue weighted by atomic mass is 127. The van der Waals surface area contributed by atoms with Crippen LogP contribution < -0.4 is 4.74 Å². The average molecular weight is 339 g/mol. The zero-order valence-corrected chi connectivity index (χ0v) is 10.6. The maximum Gasteiger partial charge on any atom is 0.239 e. The molecule has 0 saturated carbocycles. The third-order valence-electron chi connectivity index (χ3n) is 2.10. The Bertz CT molecular complexity index is 668. The zero-order valence-electron chi connectivity index (χ0n) is 8.49. The normalized spacial score (nSPS) is 10.6. The lowest BCUT2D eigenvalue weighted by atomic mass is 10.3. The smallest absolute Gasteiger partial charge is 0.239 e. The molecule has 6 nitrogen and oxygen atoms in total. The summed E-state index contributed by atoms with van der Waals surface area (Å²) in [5.41, 5.74) is 0.583. The molecule has 2 heterocycles. The second kappa shape index (κ2) is 4.24. The minimum absolute atomic E-state index is 0.453. The maximum atomic E-state index is 5.65. The lowest BCUT2D eigenvalue weighted by Crippen LogP contribution is -1.97. The fraction of sp³-hybridized carbons (Fsp3) is 0. The van der Waals surface area contributed by atoms with Gasteiger partial charge in [0, 0.05) is 6.07 Å². The van der Waals surface area contributed by atoms with Crippen LogP contribution in [0.25, 0.3) is 5.65 Å². The molecule has 2 aromatic heterocycles. The van der Waals surface area contributed by atoms with E-state index in [1.165, 1.54) is 4.63 Å². The molecular formula is C10H6IN5O. The molecule has 1 aromatic carbocycles. The van der Waals surface area contributed by atoms with Crippen molar-refractivity contribution < 1.29 is 4.74 Å². The number of rotatable bonds is 2. The van der Waals surface area contributed by atoms with Gasteiger partial charge in [0.15, 0.2) is 5.65 Å². The van der Waals surface area contributed by atoms with E-state index in [1.807, 2.05) is 24.3 Å². The van der Waals surface area contributed by atoms with Gasteiger partial charge in [0.2, 0.25) is 5.88 Å². The lowest BCUT2D eigenvalue weighted by molar-refractivity contribution is 0.444. The van der Waals surface area contributed by atoms with Crippen LogP contribution in [0.1, 0.15) is 0 Å². The third-order valence-corrected chi connectivity index (χ3v) is 2.99. The fourth-order valence-corrected chi connectivity index (χ4v) is 1.83. The van der Waals surface area contributed by atoms with E-state index >= 15 is 0 Å². The predicted octanol–water partition coefficient (Wildman–Crippen LogP) is 1.92. The monoisotopic (exact) mass is 339 g/mol. The van der Waals surface area contributed by atoms with E-state index < -0.39 is 0 Å². The number of ether oxygens (including phenoxy) is 1. The first kappa shape index (κ1) is 10.4. The fourth-order valence-electron chi connectivity index (χ4n) is 1.33. The molecular weight excluding hydrogens is 333 g/mol. The molecule has 0 saturated heterocycles. The van der Waals surface area contributed by atoms with Gasteiger partial charge in [0.05, 0.1) is 3.57 Å². The van der Waals surface area contributed by atoms with E-state index in [9.17, 15) is 0 Å². The van der Waals surface area contributed by atoms with E-state index in [0.717, 1.165) is 9.32 Å². The largest absolute Gasteiger partial charge is 0.436 e.